The number of nitrogens with one attached hydrogen (secondary N) is 1. The Labute approximate surface area is 174 Å². The third-order valence-electron chi connectivity index (χ3n) is 4.73. The molecule has 0 spiro atoms. The van der Waals surface area contributed by atoms with Crippen LogP contribution < -0.4 is 5.32 Å². The summed E-state index contributed by atoms with van der Waals surface area (Å²) in [6.45, 7) is 6.41. The van der Waals surface area contributed by atoms with E-state index in [2.05, 4.69) is 15.2 Å². The summed E-state index contributed by atoms with van der Waals surface area (Å²) >= 11 is 1.45. The zero-order chi connectivity index (χ0) is 20.3. The first kappa shape index (κ1) is 20.1. The molecule has 1 saturated heterocycles. The van der Waals surface area contributed by atoms with E-state index in [0.717, 1.165) is 43.3 Å². The van der Waals surface area contributed by atoms with Crippen molar-refractivity contribution in [3.8, 4) is 10.8 Å². The van der Waals surface area contributed by atoms with E-state index in [-0.39, 0.29) is 15.8 Å². The lowest BCUT2D eigenvalue weighted by atomic mass is 10.2. The van der Waals surface area contributed by atoms with E-state index in [1.165, 1.54) is 11.3 Å². The number of thiophene rings is 1. The molecular weight excluding hydrogens is 410 g/mol. The molecule has 0 atom stereocenters. The van der Waals surface area contributed by atoms with E-state index in [4.69, 9.17) is 9.15 Å². The second-order valence-electron chi connectivity index (χ2n) is 6.83. The maximum absolute atomic E-state index is 13.2. The van der Waals surface area contributed by atoms with Crippen LogP contribution in [0.25, 0.3) is 10.8 Å². The van der Waals surface area contributed by atoms with Gasteiger partial charge in [-0.3, -0.25) is 4.90 Å². The van der Waals surface area contributed by atoms with Crippen LogP contribution in [0.15, 0.2) is 56.1 Å². The normalized spacial score (nSPS) is 15.5. The maximum atomic E-state index is 13.2. The van der Waals surface area contributed by atoms with E-state index in [1.807, 2.05) is 24.4 Å². The van der Waals surface area contributed by atoms with Gasteiger partial charge in [-0.15, -0.1) is 11.3 Å². The van der Waals surface area contributed by atoms with Crippen molar-refractivity contribution < 1.29 is 17.6 Å². The van der Waals surface area contributed by atoms with Gasteiger partial charge in [-0.05, 0) is 30.5 Å². The topological polar surface area (TPSA) is 84.7 Å². The highest BCUT2D eigenvalue weighted by atomic mass is 32.2. The molecule has 2 aromatic heterocycles. The van der Waals surface area contributed by atoms with Crippen LogP contribution in [-0.2, 0) is 14.6 Å². The van der Waals surface area contributed by atoms with Gasteiger partial charge >= 0.3 is 0 Å². The molecule has 1 aliphatic rings. The molecule has 7 nitrogen and oxygen atoms in total. The van der Waals surface area contributed by atoms with Crippen molar-refractivity contribution in [1.82, 2.24) is 9.88 Å². The van der Waals surface area contributed by atoms with Gasteiger partial charge in [0.15, 0.2) is 0 Å². The molecule has 1 fully saturated rings. The Hall–Kier alpha value is -2.20. The molecule has 0 unspecified atom stereocenters. The van der Waals surface area contributed by atoms with Gasteiger partial charge in [0.05, 0.1) is 23.0 Å². The van der Waals surface area contributed by atoms with E-state index in [0.29, 0.717) is 12.4 Å². The van der Waals surface area contributed by atoms with Crippen LogP contribution in [0.5, 0.6) is 0 Å². The van der Waals surface area contributed by atoms with Crippen LogP contribution in [0.3, 0.4) is 0 Å². The molecule has 1 aliphatic heterocycles. The lowest BCUT2D eigenvalue weighted by molar-refractivity contribution is 0.0398. The minimum Gasteiger partial charge on any atom is -0.418 e. The summed E-state index contributed by atoms with van der Waals surface area (Å²) in [5.41, 5.74) is 0.993. The fourth-order valence-corrected chi connectivity index (χ4v) is 5.01. The predicted octanol–water partition coefficient (Wildman–Crippen LogP) is 3.29. The number of hydrogen-bond donors (Lipinski definition) is 1. The quantitative estimate of drug-likeness (QED) is 0.612. The van der Waals surface area contributed by atoms with Crippen LogP contribution in [0, 0.1) is 6.92 Å². The standard InChI is InChI=1S/C20H23N3O4S2/c1-15-4-6-16(7-5-15)29(24,25)20-19(21-8-9-23-10-12-26-13-11-23)27-18(22-20)17-3-2-14-28-17/h2-7,14,21H,8-13H2,1H3. The Bertz CT molecular complexity index is 1040. The number of sulfone groups is 1. The summed E-state index contributed by atoms with van der Waals surface area (Å²) in [4.78, 5) is 7.60. The number of aromatic nitrogens is 1. The molecule has 3 heterocycles. The van der Waals surface area contributed by atoms with Gasteiger partial charge < -0.3 is 14.5 Å². The monoisotopic (exact) mass is 433 g/mol. The summed E-state index contributed by atoms with van der Waals surface area (Å²) in [6, 6.07) is 10.5. The zero-order valence-electron chi connectivity index (χ0n) is 16.1. The van der Waals surface area contributed by atoms with Gasteiger partial charge in [-0.25, -0.2) is 8.42 Å². The van der Waals surface area contributed by atoms with E-state index in [9.17, 15) is 8.42 Å². The number of aryl methyl sites for hydroxylation is 1. The van der Waals surface area contributed by atoms with Crippen LogP contribution in [0.2, 0.25) is 0 Å². The van der Waals surface area contributed by atoms with Gasteiger partial charge in [0.2, 0.25) is 26.6 Å². The van der Waals surface area contributed by atoms with Crippen LogP contribution in [0.1, 0.15) is 5.56 Å². The minimum atomic E-state index is -3.81. The molecule has 154 valence electrons. The molecule has 0 radical (unpaired) electrons. The molecule has 0 aliphatic carbocycles. The number of rotatable bonds is 7. The summed E-state index contributed by atoms with van der Waals surface area (Å²) in [5, 5.41) is 4.97. The number of nitrogens with zero attached hydrogens (tertiary/aromatic N) is 2. The molecule has 9 heteroatoms. The highest BCUT2D eigenvalue weighted by Gasteiger charge is 2.28. The summed E-state index contributed by atoms with van der Waals surface area (Å²) < 4.78 is 37.7. The average molecular weight is 434 g/mol. The van der Waals surface area contributed by atoms with E-state index < -0.39 is 9.84 Å². The number of hydrogen-bond acceptors (Lipinski definition) is 8. The molecule has 29 heavy (non-hydrogen) atoms. The molecule has 0 saturated carbocycles. The highest BCUT2D eigenvalue weighted by molar-refractivity contribution is 7.91. The maximum Gasteiger partial charge on any atom is 0.240 e. The lowest BCUT2D eigenvalue weighted by Gasteiger charge is -2.26. The Morgan fingerprint density at radius 1 is 1.17 bits per heavy atom. The van der Waals surface area contributed by atoms with Crippen molar-refractivity contribution in [3.05, 3.63) is 47.3 Å². The molecule has 0 bridgehead atoms. The first-order valence-electron chi connectivity index (χ1n) is 9.44. The van der Waals surface area contributed by atoms with Crippen LogP contribution in [0.4, 0.5) is 5.88 Å². The van der Waals surface area contributed by atoms with Crippen molar-refractivity contribution >= 4 is 27.1 Å². The molecule has 1 aromatic carbocycles. The second-order valence-corrected chi connectivity index (χ2v) is 9.64. The van der Waals surface area contributed by atoms with Crippen molar-refractivity contribution in [2.45, 2.75) is 16.8 Å². The Morgan fingerprint density at radius 3 is 2.62 bits per heavy atom. The summed E-state index contributed by atoms with van der Waals surface area (Å²) in [6.07, 6.45) is 0. The van der Waals surface area contributed by atoms with Gasteiger partial charge in [0.25, 0.3) is 0 Å². The highest BCUT2D eigenvalue weighted by Crippen LogP contribution is 2.34. The first-order chi connectivity index (χ1) is 14.0. The molecule has 3 aromatic rings. The smallest absolute Gasteiger partial charge is 0.240 e. The molecule has 1 N–H and O–H groups in total. The van der Waals surface area contributed by atoms with E-state index >= 15 is 0 Å². The molecule has 4 rings (SSSR count). The Balaban J connectivity index is 1.61. The SMILES string of the molecule is Cc1ccc(S(=O)(=O)c2nc(-c3cccs3)oc2NCCN2CCOCC2)cc1. The van der Waals surface area contributed by atoms with Gasteiger partial charge in [-0.1, -0.05) is 23.8 Å². The number of benzene rings is 1. The molecular formula is C20H23N3O4S2. The van der Waals surface area contributed by atoms with Crippen molar-refractivity contribution in [2.24, 2.45) is 0 Å². The second kappa shape index (κ2) is 8.66. The lowest BCUT2D eigenvalue weighted by Crippen LogP contribution is -2.39. The minimum absolute atomic E-state index is 0.0771. The third-order valence-corrected chi connectivity index (χ3v) is 7.27. The first-order valence-corrected chi connectivity index (χ1v) is 11.8. The fourth-order valence-electron chi connectivity index (χ4n) is 3.09. The largest absolute Gasteiger partial charge is 0.418 e. The van der Waals surface area contributed by atoms with Crippen molar-refractivity contribution in [2.75, 3.05) is 44.7 Å². The fraction of sp³-hybridized carbons (Fsp3) is 0.350. The molecule has 0 amide bonds. The summed E-state index contributed by atoms with van der Waals surface area (Å²) in [5.74, 6) is 0.488. The number of oxazole rings is 1. The zero-order valence-corrected chi connectivity index (χ0v) is 17.8. The Kier molecular flexibility index (Phi) is 6.00. The van der Waals surface area contributed by atoms with Gasteiger partial charge in [0, 0.05) is 26.2 Å². The average Bonchev–Trinajstić information content (AvgIpc) is 3.39. The number of anilines is 1. The van der Waals surface area contributed by atoms with E-state index in [1.54, 1.807) is 24.3 Å². The van der Waals surface area contributed by atoms with Crippen molar-refractivity contribution in [1.29, 1.82) is 0 Å². The number of ether oxygens (including phenoxy) is 1. The predicted molar refractivity (Wildman–Crippen MR) is 112 cm³/mol. The Morgan fingerprint density at radius 2 is 1.93 bits per heavy atom. The van der Waals surface area contributed by atoms with Crippen LogP contribution >= 0.6 is 11.3 Å². The van der Waals surface area contributed by atoms with Crippen LogP contribution in [-0.4, -0.2) is 57.7 Å². The third kappa shape index (κ3) is 4.53. The summed E-state index contributed by atoms with van der Waals surface area (Å²) in [7, 11) is -3.81. The van der Waals surface area contributed by atoms with Gasteiger partial charge in [0.1, 0.15) is 0 Å². The van der Waals surface area contributed by atoms with Crippen molar-refractivity contribution in [3.63, 3.8) is 0 Å². The van der Waals surface area contributed by atoms with Gasteiger partial charge in [-0.2, -0.15) is 4.98 Å². The number of morpholine rings is 1.